The fraction of sp³-hybridized carbons (Fsp3) is 0.500. The molecule has 1 aliphatic rings. The summed E-state index contributed by atoms with van der Waals surface area (Å²) in [6, 6.07) is 3.29. The highest BCUT2D eigenvalue weighted by Gasteiger charge is 2.31. The molecular formula is C12H16BrN3O4S. The molecule has 0 unspecified atom stereocenters. The number of hydrogen-bond acceptors (Lipinski definition) is 5. The first kappa shape index (κ1) is 16.2. The molecule has 0 spiro atoms. The van der Waals surface area contributed by atoms with E-state index in [9.17, 15) is 13.2 Å². The minimum absolute atomic E-state index is 0.231. The Bertz CT molecular complexity index is 615. The lowest BCUT2D eigenvalue weighted by Gasteiger charge is -2.29. The number of carbonyl (C=O) groups is 1. The van der Waals surface area contributed by atoms with Gasteiger partial charge in [0, 0.05) is 23.8 Å². The van der Waals surface area contributed by atoms with Crippen molar-refractivity contribution >= 4 is 37.9 Å². The summed E-state index contributed by atoms with van der Waals surface area (Å²) in [5, 5.41) is 0. The minimum atomic E-state index is -3.66. The van der Waals surface area contributed by atoms with Crippen molar-refractivity contribution in [1.82, 2.24) is 9.29 Å². The average Bonchev–Trinajstić information content (AvgIpc) is 2.46. The number of aromatic nitrogens is 1. The highest BCUT2D eigenvalue weighted by Crippen LogP contribution is 2.22. The van der Waals surface area contributed by atoms with Crippen LogP contribution in [0.5, 0.6) is 0 Å². The third-order valence-electron chi connectivity index (χ3n) is 3.28. The summed E-state index contributed by atoms with van der Waals surface area (Å²) >= 11 is 3.26. The number of methoxy groups -OCH3 is 1. The Kier molecular flexibility index (Phi) is 5.17. The van der Waals surface area contributed by atoms with Gasteiger partial charge in [-0.25, -0.2) is 4.98 Å². The van der Waals surface area contributed by atoms with Crippen LogP contribution < -0.4 is 4.72 Å². The number of piperidine rings is 1. The van der Waals surface area contributed by atoms with Gasteiger partial charge in [0.2, 0.25) is 0 Å². The summed E-state index contributed by atoms with van der Waals surface area (Å²) in [5.74, 6) is -0.265. The Balaban J connectivity index is 2.00. The molecule has 1 N–H and O–H groups in total. The summed E-state index contributed by atoms with van der Waals surface area (Å²) in [6.45, 7) is 0.562. The van der Waals surface area contributed by atoms with Crippen LogP contribution in [0.3, 0.4) is 0 Å². The monoisotopic (exact) mass is 377 g/mol. The zero-order chi connectivity index (χ0) is 15.5. The number of nitrogens with zero attached hydrogens (tertiary/aromatic N) is 2. The smallest absolute Gasteiger partial charge is 0.308 e. The third kappa shape index (κ3) is 4.14. The van der Waals surface area contributed by atoms with Gasteiger partial charge in [-0.3, -0.25) is 9.52 Å². The predicted octanol–water partition coefficient (Wildman–Crippen LogP) is 1.39. The summed E-state index contributed by atoms with van der Waals surface area (Å²) in [6.07, 6.45) is 2.42. The number of pyridine rings is 1. The van der Waals surface area contributed by atoms with Crippen LogP contribution in [-0.4, -0.2) is 43.9 Å². The van der Waals surface area contributed by atoms with E-state index in [4.69, 9.17) is 0 Å². The van der Waals surface area contributed by atoms with Crippen LogP contribution in [0.15, 0.2) is 22.8 Å². The lowest BCUT2D eigenvalue weighted by molar-refractivity contribution is -0.146. The van der Waals surface area contributed by atoms with Crippen molar-refractivity contribution in [1.29, 1.82) is 0 Å². The number of esters is 1. The van der Waals surface area contributed by atoms with E-state index in [2.05, 4.69) is 30.4 Å². The molecule has 0 radical (unpaired) electrons. The first-order valence-electron chi connectivity index (χ1n) is 6.39. The minimum Gasteiger partial charge on any atom is -0.469 e. The molecule has 1 aliphatic heterocycles. The Morgan fingerprint density at radius 1 is 1.48 bits per heavy atom. The fourth-order valence-corrected chi connectivity index (χ4v) is 3.69. The van der Waals surface area contributed by atoms with Crippen LogP contribution in [0.4, 0.5) is 5.82 Å². The lowest BCUT2D eigenvalue weighted by atomic mass is 9.99. The number of rotatable bonds is 4. The van der Waals surface area contributed by atoms with Gasteiger partial charge < -0.3 is 4.74 Å². The van der Waals surface area contributed by atoms with Gasteiger partial charge in [-0.15, -0.1) is 0 Å². The first-order chi connectivity index (χ1) is 9.92. The normalized spacial score (nSPS) is 17.4. The van der Waals surface area contributed by atoms with E-state index in [0.717, 1.165) is 4.47 Å². The molecule has 0 bridgehead atoms. The average molecular weight is 378 g/mol. The highest BCUT2D eigenvalue weighted by molar-refractivity contribution is 9.10. The van der Waals surface area contributed by atoms with Gasteiger partial charge in [0.25, 0.3) is 0 Å². The summed E-state index contributed by atoms with van der Waals surface area (Å²) in [7, 11) is -2.32. The van der Waals surface area contributed by atoms with Crippen LogP contribution in [-0.2, 0) is 19.7 Å². The second-order valence-electron chi connectivity index (χ2n) is 4.66. The zero-order valence-electron chi connectivity index (χ0n) is 11.5. The second kappa shape index (κ2) is 6.71. The molecule has 1 fully saturated rings. The SMILES string of the molecule is COC(=O)C1CCN(S(=O)(=O)Nc2cc(Br)ccn2)CC1. The van der Waals surface area contributed by atoms with Gasteiger partial charge in [-0.2, -0.15) is 12.7 Å². The van der Waals surface area contributed by atoms with Crippen LogP contribution >= 0.6 is 15.9 Å². The molecule has 21 heavy (non-hydrogen) atoms. The molecule has 2 heterocycles. The van der Waals surface area contributed by atoms with Crippen molar-refractivity contribution in [3.8, 4) is 0 Å². The molecule has 0 saturated carbocycles. The number of ether oxygens (including phenoxy) is 1. The van der Waals surface area contributed by atoms with Crippen LogP contribution in [0.25, 0.3) is 0 Å². The maximum atomic E-state index is 12.3. The summed E-state index contributed by atoms with van der Waals surface area (Å²) in [4.78, 5) is 15.4. The molecule has 1 aromatic heterocycles. The van der Waals surface area contributed by atoms with E-state index in [-0.39, 0.29) is 30.8 Å². The zero-order valence-corrected chi connectivity index (χ0v) is 13.9. The Labute approximate surface area is 132 Å². The molecule has 0 aliphatic carbocycles. The van der Waals surface area contributed by atoms with Crippen LogP contribution in [0, 0.1) is 5.92 Å². The van der Waals surface area contributed by atoms with Gasteiger partial charge in [0.1, 0.15) is 5.82 Å². The van der Waals surface area contributed by atoms with Crippen molar-refractivity contribution in [3.63, 3.8) is 0 Å². The standard InChI is InChI=1S/C12H16BrN3O4S/c1-20-12(17)9-3-6-16(7-4-9)21(18,19)15-11-8-10(13)2-5-14-11/h2,5,8-9H,3-4,6-7H2,1H3,(H,14,15). The van der Waals surface area contributed by atoms with Crippen molar-refractivity contribution in [2.45, 2.75) is 12.8 Å². The highest BCUT2D eigenvalue weighted by atomic mass is 79.9. The molecule has 9 heteroatoms. The van der Waals surface area contributed by atoms with E-state index in [1.54, 1.807) is 12.1 Å². The Morgan fingerprint density at radius 2 is 2.14 bits per heavy atom. The number of anilines is 1. The summed E-state index contributed by atoms with van der Waals surface area (Å²) in [5.41, 5.74) is 0. The topological polar surface area (TPSA) is 88.6 Å². The van der Waals surface area contributed by atoms with Gasteiger partial charge in [0.05, 0.1) is 13.0 Å². The summed E-state index contributed by atoms with van der Waals surface area (Å²) < 4.78 is 33.7. The second-order valence-corrected chi connectivity index (χ2v) is 7.25. The molecule has 2 rings (SSSR count). The van der Waals surface area contributed by atoms with Crippen molar-refractivity contribution in [3.05, 3.63) is 22.8 Å². The van der Waals surface area contributed by atoms with Gasteiger partial charge in [-0.05, 0) is 25.0 Å². The van der Waals surface area contributed by atoms with Gasteiger partial charge in [0.15, 0.2) is 0 Å². The quantitative estimate of drug-likeness (QED) is 0.800. The molecule has 0 aromatic carbocycles. The first-order valence-corrected chi connectivity index (χ1v) is 8.63. The molecule has 0 atom stereocenters. The molecular weight excluding hydrogens is 362 g/mol. The molecule has 1 saturated heterocycles. The largest absolute Gasteiger partial charge is 0.469 e. The Hall–Kier alpha value is -1.19. The van der Waals surface area contributed by atoms with E-state index < -0.39 is 10.2 Å². The van der Waals surface area contributed by atoms with Gasteiger partial charge >= 0.3 is 16.2 Å². The lowest BCUT2D eigenvalue weighted by Crippen LogP contribution is -2.43. The molecule has 0 amide bonds. The van der Waals surface area contributed by atoms with Crippen molar-refractivity contribution in [2.75, 3.05) is 24.9 Å². The number of hydrogen-bond donors (Lipinski definition) is 1. The predicted molar refractivity (Wildman–Crippen MR) is 80.8 cm³/mol. The molecule has 7 nitrogen and oxygen atoms in total. The third-order valence-corrected chi connectivity index (χ3v) is 5.29. The van der Waals surface area contributed by atoms with Crippen LogP contribution in [0.1, 0.15) is 12.8 Å². The molecule has 116 valence electrons. The van der Waals surface area contributed by atoms with E-state index in [1.807, 2.05) is 0 Å². The Morgan fingerprint density at radius 3 is 2.71 bits per heavy atom. The van der Waals surface area contributed by atoms with Crippen molar-refractivity contribution < 1.29 is 17.9 Å². The fourth-order valence-electron chi connectivity index (χ4n) is 2.16. The maximum Gasteiger partial charge on any atom is 0.308 e. The van der Waals surface area contributed by atoms with Gasteiger partial charge in [-0.1, -0.05) is 15.9 Å². The van der Waals surface area contributed by atoms with E-state index in [0.29, 0.717) is 12.8 Å². The van der Waals surface area contributed by atoms with E-state index in [1.165, 1.54) is 17.6 Å². The molecule has 1 aromatic rings. The number of halogens is 1. The maximum absolute atomic E-state index is 12.3. The number of carbonyl (C=O) groups excluding carboxylic acids is 1. The van der Waals surface area contributed by atoms with Crippen molar-refractivity contribution in [2.24, 2.45) is 5.92 Å². The van der Waals surface area contributed by atoms with Crippen LogP contribution in [0.2, 0.25) is 0 Å². The van der Waals surface area contributed by atoms with E-state index >= 15 is 0 Å². The number of nitrogens with one attached hydrogen (secondary N) is 1.